The molecule has 2 aromatic rings. The molecule has 1 aliphatic rings. The molecule has 0 aliphatic carbocycles. The molecule has 0 spiro atoms. The van der Waals surface area contributed by atoms with E-state index in [1.165, 1.54) is 24.9 Å². The van der Waals surface area contributed by atoms with Crippen LogP contribution in [-0.2, 0) is 6.54 Å². The molecule has 1 fully saturated rings. The fraction of sp³-hybridized carbons (Fsp3) is 0.471. The van der Waals surface area contributed by atoms with Crippen LogP contribution in [0.2, 0.25) is 0 Å². The van der Waals surface area contributed by atoms with E-state index in [1.54, 1.807) is 0 Å². The number of fused-ring (bicyclic) bond motifs is 1. The molecule has 0 saturated carbocycles. The Morgan fingerprint density at radius 3 is 2.90 bits per heavy atom. The van der Waals surface area contributed by atoms with Crippen molar-refractivity contribution in [1.82, 2.24) is 9.88 Å². The number of nitrogens with zero attached hydrogens (tertiary/aromatic N) is 3. The van der Waals surface area contributed by atoms with E-state index in [1.807, 2.05) is 12.1 Å². The van der Waals surface area contributed by atoms with Gasteiger partial charge in [0.15, 0.2) is 0 Å². The summed E-state index contributed by atoms with van der Waals surface area (Å²) in [5.74, 6) is 1.02. The lowest BCUT2D eigenvalue weighted by molar-refractivity contribution is 0.314. The fourth-order valence-corrected chi connectivity index (χ4v) is 3.22. The monoisotopic (exact) mass is 284 g/mol. The van der Waals surface area contributed by atoms with Crippen molar-refractivity contribution in [2.45, 2.75) is 25.4 Å². The van der Waals surface area contributed by atoms with Crippen molar-refractivity contribution < 1.29 is 0 Å². The van der Waals surface area contributed by atoms with Crippen LogP contribution in [0.4, 0.5) is 5.82 Å². The molecule has 0 amide bonds. The third kappa shape index (κ3) is 2.87. The van der Waals surface area contributed by atoms with Crippen LogP contribution in [0.5, 0.6) is 0 Å². The van der Waals surface area contributed by atoms with Crippen molar-refractivity contribution in [2.24, 2.45) is 5.73 Å². The van der Waals surface area contributed by atoms with Gasteiger partial charge >= 0.3 is 0 Å². The number of hydrogen-bond acceptors (Lipinski definition) is 4. The highest BCUT2D eigenvalue weighted by molar-refractivity contribution is 5.84. The summed E-state index contributed by atoms with van der Waals surface area (Å²) in [6.45, 7) is 2.77. The Hall–Kier alpha value is -1.65. The van der Waals surface area contributed by atoms with Crippen LogP contribution >= 0.6 is 0 Å². The van der Waals surface area contributed by atoms with E-state index in [0.29, 0.717) is 12.6 Å². The number of pyridine rings is 1. The smallest absolute Gasteiger partial charge is 0.129 e. The topological polar surface area (TPSA) is 45.4 Å². The molecule has 4 heteroatoms. The van der Waals surface area contributed by atoms with Gasteiger partial charge in [0.25, 0.3) is 0 Å². The molecule has 3 rings (SSSR count). The predicted molar refractivity (Wildman–Crippen MR) is 88.6 cm³/mol. The normalized spacial score (nSPS) is 19.3. The summed E-state index contributed by atoms with van der Waals surface area (Å²) in [7, 11) is 4.34. The first-order chi connectivity index (χ1) is 10.2. The molecule has 1 saturated heterocycles. The van der Waals surface area contributed by atoms with Crippen molar-refractivity contribution in [1.29, 1.82) is 0 Å². The van der Waals surface area contributed by atoms with Gasteiger partial charge in [-0.15, -0.1) is 0 Å². The van der Waals surface area contributed by atoms with E-state index in [-0.39, 0.29) is 0 Å². The van der Waals surface area contributed by atoms with Gasteiger partial charge in [-0.05, 0) is 44.1 Å². The zero-order chi connectivity index (χ0) is 14.8. The summed E-state index contributed by atoms with van der Waals surface area (Å²) >= 11 is 0. The standard InChI is InChI=1S/C17H24N4/c1-20-9-5-6-14(20)12-21(2)17-10-13(11-18)15-7-3-4-8-16(15)19-17/h3-4,7-8,10,14H,5-6,9,11-12,18H2,1-2H3. The Morgan fingerprint density at radius 1 is 1.38 bits per heavy atom. The number of rotatable bonds is 4. The lowest BCUT2D eigenvalue weighted by Crippen LogP contribution is -2.37. The maximum Gasteiger partial charge on any atom is 0.129 e. The average Bonchev–Trinajstić information content (AvgIpc) is 2.91. The highest BCUT2D eigenvalue weighted by Gasteiger charge is 2.22. The van der Waals surface area contributed by atoms with E-state index in [9.17, 15) is 0 Å². The summed E-state index contributed by atoms with van der Waals surface area (Å²) in [4.78, 5) is 9.51. The molecule has 2 N–H and O–H groups in total. The molecule has 1 unspecified atom stereocenters. The molecule has 0 radical (unpaired) electrons. The van der Waals surface area contributed by atoms with Gasteiger partial charge in [0.2, 0.25) is 0 Å². The zero-order valence-corrected chi connectivity index (χ0v) is 12.9. The largest absolute Gasteiger partial charge is 0.358 e. The van der Waals surface area contributed by atoms with Crippen LogP contribution in [0.1, 0.15) is 18.4 Å². The van der Waals surface area contributed by atoms with Gasteiger partial charge in [0, 0.05) is 31.6 Å². The zero-order valence-electron chi connectivity index (χ0n) is 12.9. The number of likely N-dealkylation sites (tertiary alicyclic amines) is 1. The Morgan fingerprint density at radius 2 is 2.19 bits per heavy atom. The number of anilines is 1. The summed E-state index contributed by atoms with van der Waals surface area (Å²) in [5, 5.41) is 1.16. The Bertz CT molecular complexity index is 625. The maximum absolute atomic E-state index is 5.92. The Balaban J connectivity index is 1.88. The molecule has 21 heavy (non-hydrogen) atoms. The first-order valence-corrected chi connectivity index (χ1v) is 7.69. The minimum atomic E-state index is 0.549. The molecule has 1 atom stereocenters. The quantitative estimate of drug-likeness (QED) is 0.935. The SMILES string of the molecule is CN(CC1CCCN1C)c1cc(CN)c2ccccc2n1. The van der Waals surface area contributed by atoms with Crippen LogP contribution in [0, 0.1) is 0 Å². The van der Waals surface area contributed by atoms with Crippen LogP contribution < -0.4 is 10.6 Å². The van der Waals surface area contributed by atoms with Gasteiger partial charge in [0.1, 0.15) is 5.82 Å². The molecule has 2 heterocycles. The van der Waals surface area contributed by atoms with Crippen molar-refractivity contribution in [3.63, 3.8) is 0 Å². The Kier molecular flexibility index (Phi) is 4.08. The number of hydrogen-bond donors (Lipinski definition) is 1. The minimum absolute atomic E-state index is 0.549. The molecular formula is C17H24N4. The molecule has 112 valence electrons. The number of aromatic nitrogens is 1. The highest BCUT2D eigenvalue weighted by Crippen LogP contribution is 2.24. The summed E-state index contributed by atoms with van der Waals surface area (Å²) in [5.41, 5.74) is 8.11. The molecule has 4 nitrogen and oxygen atoms in total. The summed E-state index contributed by atoms with van der Waals surface area (Å²) in [6.07, 6.45) is 2.58. The highest BCUT2D eigenvalue weighted by atomic mass is 15.2. The molecular weight excluding hydrogens is 260 g/mol. The van der Waals surface area contributed by atoms with E-state index < -0.39 is 0 Å². The van der Waals surface area contributed by atoms with E-state index in [4.69, 9.17) is 10.7 Å². The second-order valence-corrected chi connectivity index (χ2v) is 6.02. The molecule has 1 aromatic heterocycles. The van der Waals surface area contributed by atoms with Gasteiger partial charge in [-0.3, -0.25) is 0 Å². The van der Waals surface area contributed by atoms with Crippen LogP contribution in [-0.4, -0.2) is 43.1 Å². The van der Waals surface area contributed by atoms with E-state index in [0.717, 1.165) is 23.3 Å². The van der Waals surface area contributed by atoms with Gasteiger partial charge < -0.3 is 15.5 Å². The lowest BCUT2D eigenvalue weighted by atomic mass is 10.1. The number of nitrogens with two attached hydrogens (primary N) is 1. The predicted octanol–water partition coefficient (Wildman–Crippen LogP) is 2.22. The van der Waals surface area contributed by atoms with Gasteiger partial charge in [0.05, 0.1) is 5.52 Å². The van der Waals surface area contributed by atoms with Crippen molar-refractivity contribution in [2.75, 3.05) is 32.1 Å². The molecule has 0 bridgehead atoms. The molecule has 1 aromatic carbocycles. The lowest BCUT2D eigenvalue weighted by Gasteiger charge is -2.27. The van der Waals surface area contributed by atoms with E-state index >= 15 is 0 Å². The molecule has 1 aliphatic heterocycles. The third-order valence-electron chi connectivity index (χ3n) is 4.56. The van der Waals surface area contributed by atoms with Crippen LogP contribution in [0.15, 0.2) is 30.3 Å². The minimum Gasteiger partial charge on any atom is -0.358 e. The van der Waals surface area contributed by atoms with Crippen molar-refractivity contribution in [3.8, 4) is 0 Å². The number of benzene rings is 1. The number of likely N-dealkylation sites (N-methyl/N-ethyl adjacent to an activating group) is 2. The van der Waals surface area contributed by atoms with Crippen molar-refractivity contribution >= 4 is 16.7 Å². The van der Waals surface area contributed by atoms with Gasteiger partial charge in [-0.1, -0.05) is 18.2 Å². The van der Waals surface area contributed by atoms with Crippen LogP contribution in [0.3, 0.4) is 0 Å². The van der Waals surface area contributed by atoms with Gasteiger partial charge in [-0.2, -0.15) is 0 Å². The van der Waals surface area contributed by atoms with Crippen molar-refractivity contribution in [3.05, 3.63) is 35.9 Å². The van der Waals surface area contributed by atoms with Gasteiger partial charge in [-0.25, -0.2) is 4.98 Å². The second-order valence-electron chi connectivity index (χ2n) is 6.02. The first-order valence-electron chi connectivity index (χ1n) is 7.69. The fourth-order valence-electron chi connectivity index (χ4n) is 3.22. The average molecular weight is 284 g/mol. The second kappa shape index (κ2) is 6.00. The third-order valence-corrected chi connectivity index (χ3v) is 4.56. The summed E-state index contributed by atoms with van der Waals surface area (Å²) in [6, 6.07) is 11.0. The van der Waals surface area contributed by atoms with E-state index in [2.05, 4.69) is 42.1 Å². The Labute approximate surface area is 126 Å². The number of para-hydroxylation sites is 1. The van der Waals surface area contributed by atoms with Crippen LogP contribution in [0.25, 0.3) is 10.9 Å². The summed E-state index contributed by atoms with van der Waals surface area (Å²) < 4.78 is 0. The first kappa shape index (κ1) is 14.3. The maximum atomic E-state index is 5.92.